The second-order valence-electron chi connectivity index (χ2n) is 3.76. The second-order valence-corrected chi connectivity index (χ2v) is 3.76. The highest BCUT2D eigenvalue weighted by Crippen LogP contribution is 2.16. The highest BCUT2D eigenvalue weighted by Gasteiger charge is 2.13. The van der Waals surface area contributed by atoms with E-state index in [0.29, 0.717) is 5.75 Å². The largest absolute Gasteiger partial charge is 0.508 e. The van der Waals surface area contributed by atoms with E-state index in [0.717, 1.165) is 11.6 Å². The Bertz CT molecular complexity index is 249. The topological polar surface area (TPSA) is 32.3 Å². The van der Waals surface area contributed by atoms with Gasteiger partial charge in [-0.2, -0.15) is 0 Å². The van der Waals surface area contributed by atoms with Crippen LogP contribution < -0.4 is 5.32 Å². The summed E-state index contributed by atoms with van der Waals surface area (Å²) < 4.78 is 0. The molecule has 0 unspecified atom stereocenters. The molecule has 16 heavy (non-hydrogen) atoms. The fourth-order valence-corrected chi connectivity index (χ4v) is 1.32. The molecule has 1 fully saturated rings. The summed E-state index contributed by atoms with van der Waals surface area (Å²) in [7, 11) is 2.03. The van der Waals surface area contributed by atoms with Crippen LogP contribution in [-0.4, -0.2) is 18.2 Å². The van der Waals surface area contributed by atoms with Gasteiger partial charge < -0.3 is 10.4 Å². The Morgan fingerprint density at radius 3 is 2.06 bits per heavy atom. The van der Waals surface area contributed by atoms with Gasteiger partial charge in [-0.15, -0.1) is 0 Å². The van der Waals surface area contributed by atoms with Crippen molar-refractivity contribution in [2.45, 2.75) is 46.1 Å². The van der Waals surface area contributed by atoms with Gasteiger partial charge in [0.1, 0.15) is 5.75 Å². The van der Waals surface area contributed by atoms with Gasteiger partial charge in [0.25, 0.3) is 0 Å². The maximum atomic E-state index is 8.81. The minimum atomic E-state index is 0.338. The van der Waals surface area contributed by atoms with E-state index in [1.54, 1.807) is 12.1 Å². The Labute approximate surface area is 99.7 Å². The van der Waals surface area contributed by atoms with E-state index in [4.69, 9.17) is 5.11 Å². The molecule has 1 aromatic carbocycles. The Hall–Kier alpha value is -1.02. The molecule has 0 radical (unpaired) electrons. The van der Waals surface area contributed by atoms with Crippen LogP contribution in [0.2, 0.25) is 0 Å². The molecule has 0 heterocycles. The first-order chi connectivity index (χ1) is 7.72. The maximum Gasteiger partial charge on any atom is 0.115 e. The van der Waals surface area contributed by atoms with Crippen molar-refractivity contribution < 1.29 is 5.11 Å². The molecule has 0 spiro atoms. The van der Waals surface area contributed by atoms with E-state index < -0.39 is 0 Å². The molecule has 0 amide bonds. The van der Waals surface area contributed by atoms with Crippen molar-refractivity contribution in [3.8, 4) is 5.75 Å². The van der Waals surface area contributed by atoms with Crippen molar-refractivity contribution in [2.24, 2.45) is 0 Å². The lowest BCUT2D eigenvalue weighted by atomic mass is 9.94. The number of rotatable bonds is 1. The summed E-state index contributed by atoms with van der Waals surface area (Å²) >= 11 is 0. The van der Waals surface area contributed by atoms with Gasteiger partial charge in [0, 0.05) is 6.04 Å². The first-order valence-electron chi connectivity index (χ1n) is 6.15. The molecule has 1 saturated carbocycles. The number of hydrogen-bond acceptors (Lipinski definition) is 2. The van der Waals surface area contributed by atoms with Crippen LogP contribution in [0.15, 0.2) is 24.3 Å². The predicted molar refractivity (Wildman–Crippen MR) is 70.9 cm³/mol. The third-order valence-corrected chi connectivity index (χ3v) is 2.52. The van der Waals surface area contributed by atoms with E-state index >= 15 is 0 Å². The molecule has 92 valence electrons. The Balaban J connectivity index is 0.000000251. The summed E-state index contributed by atoms with van der Waals surface area (Å²) in [6.45, 7) is 5.94. The number of hydrogen-bond donors (Lipinski definition) is 2. The smallest absolute Gasteiger partial charge is 0.115 e. The molecule has 2 heteroatoms. The lowest BCUT2D eigenvalue weighted by Crippen LogP contribution is -2.31. The summed E-state index contributed by atoms with van der Waals surface area (Å²) in [6, 6.07) is 8.02. The molecule has 2 rings (SSSR count). The molecule has 2 N–H and O–H groups in total. The number of benzene rings is 1. The molecular weight excluding hydrogens is 198 g/mol. The zero-order chi connectivity index (χ0) is 12.4. The minimum absolute atomic E-state index is 0.338. The number of phenolic OH excluding ortho intramolecular Hbond substituents is 1. The van der Waals surface area contributed by atoms with E-state index in [1.807, 2.05) is 40.0 Å². The number of aryl methyl sites for hydroxylation is 1. The molecule has 1 aromatic rings. The molecule has 0 aromatic heterocycles. The maximum absolute atomic E-state index is 8.81. The first-order valence-corrected chi connectivity index (χ1v) is 6.15. The van der Waals surface area contributed by atoms with E-state index in [9.17, 15) is 0 Å². The highest BCUT2D eigenvalue weighted by molar-refractivity contribution is 5.25. The minimum Gasteiger partial charge on any atom is -0.508 e. The van der Waals surface area contributed by atoms with Crippen molar-refractivity contribution in [1.29, 1.82) is 0 Å². The molecule has 1 aliphatic carbocycles. The van der Waals surface area contributed by atoms with Gasteiger partial charge in [-0.25, -0.2) is 0 Å². The monoisotopic (exact) mass is 223 g/mol. The SMILES string of the molecule is CC.CNC1CCC1.Cc1cccc(O)c1. The van der Waals surface area contributed by atoms with Gasteiger partial charge in [-0.05, 0) is 44.5 Å². The fourth-order valence-electron chi connectivity index (χ4n) is 1.32. The average Bonchev–Trinajstić information content (AvgIpc) is 2.19. The van der Waals surface area contributed by atoms with Crippen molar-refractivity contribution in [3.05, 3.63) is 29.8 Å². The molecule has 0 saturated heterocycles. The number of nitrogens with one attached hydrogen (secondary N) is 1. The van der Waals surface area contributed by atoms with Gasteiger partial charge in [0.05, 0.1) is 0 Å². The van der Waals surface area contributed by atoms with Crippen molar-refractivity contribution in [1.82, 2.24) is 5.32 Å². The van der Waals surface area contributed by atoms with Gasteiger partial charge >= 0.3 is 0 Å². The highest BCUT2D eigenvalue weighted by atomic mass is 16.3. The van der Waals surface area contributed by atoms with Crippen LogP contribution in [0.4, 0.5) is 0 Å². The normalized spacial score (nSPS) is 13.8. The van der Waals surface area contributed by atoms with Crippen LogP contribution >= 0.6 is 0 Å². The van der Waals surface area contributed by atoms with Crippen molar-refractivity contribution in [2.75, 3.05) is 7.05 Å². The molecular formula is C14H25NO. The quantitative estimate of drug-likeness (QED) is 0.764. The van der Waals surface area contributed by atoms with Crippen LogP contribution in [-0.2, 0) is 0 Å². The molecule has 0 atom stereocenters. The summed E-state index contributed by atoms with van der Waals surface area (Å²) in [5, 5.41) is 12.0. The summed E-state index contributed by atoms with van der Waals surface area (Å²) in [5.41, 5.74) is 1.09. The van der Waals surface area contributed by atoms with Crippen LogP contribution in [0.5, 0.6) is 5.75 Å². The average molecular weight is 223 g/mol. The van der Waals surface area contributed by atoms with Crippen LogP contribution in [0, 0.1) is 6.92 Å². The van der Waals surface area contributed by atoms with Crippen molar-refractivity contribution in [3.63, 3.8) is 0 Å². The van der Waals surface area contributed by atoms with Gasteiger partial charge in [0.15, 0.2) is 0 Å². The lowest BCUT2D eigenvalue weighted by Gasteiger charge is -2.23. The zero-order valence-corrected chi connectivity index (χ0v) is 11.0. The molecule has 0 bridgehead atoms. The zero-order valence-electron chi connectivity index (χ0n) is 11.0. The van der Waals surface area contributed by atoms with Crippen molar-refractivity contribution >= 4 is 0 Å². The van der Waals surface area contributed by atoms with Crippen LogP contribution in [0.3, 0.4) is 0 Å². The summed E-state index contributed by atoms with van der Waals surface area (Å²) in [4.78, 5) is 0. The van der Waals surface area contributed by atoms with Crippen LogP contribution in [0.25, 0.3) is 0 Å². The number of phenols is 1. The van der Waals surface area contributed by atoms with Gasteiger partial charge in [-0.1, -0.05) is 32.4 Å². The summed E-state index contributed by atoms with van der Waals surface area (Å²) in [5.74, 6) is 0.338. The van der Waals surface area contributed by atoms with Gasteiger partial charge in [-0.3, -0.25) is 0 Å². The Morgan fingerprint density at radius 2 is 1.88 bits per heavy atom. The van der Waals surface area contributed by atoms with E-state index in [-0.39, 0.29) is 0 Å². The third-order valence-electron chi connectivity index (χ3n) is 2.52. The van der Waals surface area contributed by atoms with E-state index in [2.05, 4.69) is 5.32 Å². The van der Waals surface area contributed by atoms with Gasteiger partial charge in [0.2, 0.25) is 0 Å². The number of aromatic hydroxyl groups is 1. The Morgan fingerprint density at radius 1 is 1.25 bits per heavy atom. The predicted octanol–water partition coefficient (Wildman–Crippen LogP) is 3.49. The summed E-state index contributed by atoms with van der Waals surface area (Å²) in [6.07, 6.45) is 4.23. The first kappa shape index (κ1) is 15.0. The van der Waals surface area contributed by atoms with E-state index in [1.165, 1.54) is 19.3 Å². The lowest BCUT2D eigenvalue weighted by molar-refractivity contribution is 0.361. The second kappa shape index (κ2) is 9.22. The fraction of sp³-hybridized carbons (Fsp3) is 0.571. The standard InChI is InChI=1S/C7H8O.C5H11N.C2H6/c1-6-3-2-4-7(8)5-6;1-6-5-3-2-4-5;1-2/h2-5,8H,1H3;5-6H,2-4H2,1H3;1-2H3. The van der Waals surface area contributed by atoms with Crippen LogP contribution in [0.1, 0.15) is 38.7 Å². The molecule has 2 nitrogen and oxygen atoms in total. The third kappa shape index (κ3) is 6.46. The Kier molecular flexibility index (Phi) is 8.64. The molecule has 1 aliphatic rings. The molecule has 0 aliphatic heterocycles.